The SMILES string of the molecule is Cc1cccc(NC(=O)c2cc3sccc3[nH]2)c1C. The molecule has 0 bridgehead atoms. The zero-order valence-corrected chi connectivity index (χ0v) is 11.6. The van der Waals surface area contributed by atoms with E-state index in [0.717, 1.165) is 21.5 Å². The first-order chi connectivity index (χ1) is 9.15. The molecule has 3 nitrogen and oxygen atoms in total. The number of hydrogen-bond acceptors (Lipinski definition) is 2. The Labute approximate surface area is 115 Å². The van der Waals surface area contributed by atoms with Crippen LogP contribution in [0.15, 0.2) is 35.7 Å². The van der Waals surface area contributed by atoms with E-state index in [1.54, 1.807) is 11.3 Å². The van der Waals surface area contributed by atoms with Crippen LogP contribution in [0.1, 0.15) is 21.6 Å². The van der Waals surface area contributed by atoms with Crippen molar-refractivity contribution in [3.8, 4) is 0 Å². The number of benzene rings is 1. The van der Waals surface area contributed by atoms with E-state index in [0.29, 0.717) is 5.69 Å². The summed E-state index contributed by atoms with van der Waals surface area (Å²) in [5, 5.41) is 4.96. The highest BCUT2D eigenvalue weighted by atomic mass is 32.1. The van der Waals surface area contributed by atoms with Crippen molar-refractivity contribution in [3.05, 3.63) is 52.5 Å². The number of amides is 1. The third-order valence-corrected chi connectivity index (χ3v) is 4.20. The molecule has 0 radical (unpaired) electrons. The first-order valence-electron chi connectivity index (χ1n) is 6.09. The van der Waals surface area contributed by atoms with Crippen LogP contribution in [0, 0.1) is 13.8 Å². The van der Waals surface area contributed by atoms with Gasteiger partial charge in [-0.3, -0.25) is 4.79 Å². The van der Waals surface area contributed by atoms with Crippen molar-refractivity contribution in [2.24, 2.45) is 0 Å². The lowest BCUT2D eigenvalue weighted by Crippen LogP contribution is -2.13. The quantitative estimate of drug-likeness (QED) is 0.723. The molecule has 4 heteroatoms. The van der Waals surface area contributed by atoms with Crippen LogP contribution in [-0.4, -0.2) is 10.9 Å². The molecule has 1 aromatic carbocycles. The lowest BCUT2D eigenvalue weighted by Gasteiger charge is -2.09. The summed E-state index contributed by atoms with van der Waals surface area (Å²) in [6, 6.07) is 9.78. The number of aromatic nitrogens is 1. The Hall–Kier alpha value is -2.07. The second-order valence-corrected chi connectivity index (χ2v) is 5.53. The molecule has 0 aliphatic rings. The van der Waals surface area contributed by atoms with E-state index in [2.05, 4.69) is 10.3 Å². The molecule has 0 saturated heterocycles. The molecule has 2 aromatic heterocycles. The molecule has 0 saturated carbocycles. The largest absolute Gasteiger partial charge is 0.350 e. The maximum atomic E-state index is 12.2. The zero-order valence-electron chi connectivity index (χ0n) is 10.8. The fraction of sp³-hybridized carbons (Fsp3) is 0.133. The Kier molecular flexibility index (Phi) is 2.87. The number of aryl methyl sites for hydroxylation is 1. The van der Waals surface area contributed by atoms with Crippen LogP contribution < -0.4 is 5.32 Å². The third kappa shape index (κ3) is 2.15. The Bertz CT molecular complexity index is 726. The molecule has 0 aliphatic carbocycles. The molecule has 0 fully saturated rings. The molecule has 0 unspecified atom stereocenters. The van der Waals surface area contributed by atoms with Gasteiger partial charge in [-0.15, -0.1) is 11.3 Å². The van der Waals surface area contributed by atoms with Gasteiger partial charge in [-0.05, 0) is 48.6 Å². The molecule has 19 heavy (non-hydrogen) atoms. The maximum absolute atomic E-state index is 12.2. The summed E-state index contributed by atoms with van der Waals surface area (Å²) in [5.74, 6) is -0.0999. The van der Waals surface area contributed by atoms with E-state index in [-0.39, 0.29) is 5.91 Å². The van der Waals surface area contributed by atoms with Crippen molar-refractivity contribution in [3.63, 3.8) is 0 Å². The number of H-pyrrole nitrogens is 1. The number of anilines is 1. The van der Waals surface area contributed by atoms with Gasteiger partial charge in [-0.1, -0.05) is 12.1 Å². The second-order valence-electron chi connectivity index (χ2n) is 4.58. The van der Waals surface area contributed by atoms with Gasteiger partial charge in [-0.25, -0.2) is 0 Å². The van der Waals surface area contributed by atoms with Crippen molar-refractivity contribution in [1.82, 2.24) is 4.98 Å². The van der Waals surface area contributed by atoms with Crippen LogP contribution in [0.25, 0.3) is 10.2 Å². The Morgan fingerprint density at radius 2 is 2.11 bits per heavy atom. The molecule has 1 amide bonds. The number of aromatic amines is 1. The number of fused-ring (bicyclic) bond motifs is 1. The van der Waals surface area contributed by atoms with Crippen molar-refractivity contribution in [1.29, 1.82) is 0 Å². The average Bonchev–Trinajstić information content (AvgIpc) is 2.95. The lowest BCUT2D eigenvalue weighted by atomic mass is 10.1. The average molecular weight is 270 g/mol. The number of thiophene rings is 1. The summed E-state index contributed by atoms with van der Waals surface area (Å²) in [6.07, 6.45) is 0. The number of carbonyl (C=O) groups is 1. The zero-order chi connectivity index (χ0) is 13.4. The topological polar surface area (TPSA) is 44.9 Å². The van der Waals surface area contributed by atoms with Gasteiger partial charge in [0.05, 0.1) is 10.2 Å². The molecule has 96 valence electrons. The van der Waals surface area contributed by atoms with E-state index < -0.39 is 0 Å². The predicted octanol–water partition coefficient (Wildman–Crippen LogP) is 4.10. The lowest BCUT2D eigenvalue weighted by molar-refractivity contribution is 0.102. The smallest absolute Gasteiger partial charge is 0.272 e. The maximum Gasteiger partial charge on any atom is 0.272 e. The number of carbonyl (C=O) groups excluding carboxylic acids is 1. The highest BCUT2D eigenvalue weighted by molar-refractivity contribution is 7.17. The van der Waals surface area contributed by atoms with Gasteiger partial charge in [0.25, 0.3) is 5.91 Å². The Morgan fingerprint density at radius 1 is 1.26 bits per heavy atom. The minimum absolute atomic E-state index is 0.0999. The molecular formula is C15H14N2OS. The molecule has 0 aliphatic heterocycles. The number of hydrogen-bond donors (Lipinski definition) is 2. The van der Waals surface area contributed by atoms with Crippen LogP contribution in [0.5, 0.6) is 0 Å². The summed E-state index contributed by atoms with van der Waals surface area (Å²) >= 11 is 1.63. The normalized spacial score (nSPS) is 10.8. The van der Waals surface area contributed by atoms with Crippen LogP contribution in [-0.2, 0) is 0 Å². The van der Waals surface area contributed by atoms with Gasteiger partial charge in [0.2, 0.25) is 0 Å². The van der Waals surface area contributed by atoms with E-state index in [4.69, 9.17) is 0 Å². The van der Waals surface area contributed by atoms with Crippen LogP contribution in [0.3, 0.4) is 0 Å². The van der Waals surface area contributed by atoms with Crippen LogP contribution in [0.4, 0.5) is 5.69 Å². The van der Waals surface area contributed by atoms with Crippen LogP contribution in [0.2, 0.25) is 0 Å². The van der Waals surface area contributed by atoms with Crippen molar-refractivity contribution >= 4 is 33.1 Å². The van der Waals surface area contributed by atoms with Gasteiger partial charge in [0.15, 0.2) is 0 Å². The van der Waals surface area contributed by atoms with Gasteiger partial charge in [-0.2, -0.15) is 0 Å². The molecule has 2 heterocycles. The number of nitrogens with one attached hydrogen (secondary N) is 2. The van der Waals surface area contributed by atoms with Gasteiger partial charge < -0.3 is 10.3 Å². The molecule has 0 spiro atoms. The highest BCUT2D eigenvalue weighted by Crippen LogP contribution is 2.23. The summed E-state index contributed by atoms with van der Waals surface area (Å²) in [4.78, 5) is 15.3. The van der Waals surface area contributed by atoms with Crippen molar-refractivity contribution in [2.75, 3.05) is 5.32 Å². The summed E-state index contributed by atoms with van der Waals surface area (Å²) in [6.45, 7) is 4.05. The minimum Gasteiger partial charge on any atom is -0.350 e. The van der Waals surface area contributed by atoms with Crippen LogP contribution >= 0.6 is 11.3 Å². The molecule has 2 N–H and O–H groups in total. The molecular weight excluding hydrogens is 256 g/mol. The Morgan fingerprint density at radius 3 is 2.89 bits per heavy atom. The highest BCUT2D eigenvalue weighted by Gasteiger charge is 2.11. The number of rotatable bonds is 2. The van der Waals surface area contributed by atoms with E-state index >= 15 is 0 Å². The van der Waals surface area contributed by atoms with Gasteiger partial charge in [0.1, 0.15) is 5.69 Å². The Balaban J connectivity index is 1.89. The molecule has 3 aromatic rings. The summed E-state index contributed by atoms with van der Waals surface area (Å²) in [7, 11) is 0. The second kappa shape index (κ2) is 4.55. The van der Waals surface area contributed by atoms with Crippen molar-refractivity contribution < 1.29 is 4.79 Å². The summed E-state index contributed by atoms with van der Waals surface area (Å²) in [5.41, 5.74) is 4.75. The van der Waals surface area contributed by atoms with Gasteiger partial charge in [0, 0.05) is 5.69 Å². The van der Waals surface area contributed by atoms with E-state index in [1.165, 1.54) is 5.56 Å². The fourth-order valence-electron chi connectivity index (χ4n) is 2.05. The third-order valence-electron chi connectivity index (χ3n) is 3.34. The molecule has 0 atom stereocenters. The first kappa shape index (κ1) is 12.0. The summed E-state index contributed by atoms with van der Waals surface area (Å²) < 4.78 is 1.10. The first-order valence-corrected chi connectivity index (χ1v) is 6.97. The van der Waals surface area contributed by atoms with E-state index in [9.17, 15) is 4.79 Å². The molecule has 3 rings (SSSR count). The standard InChI is InChI=1S/C15H14N2OS/c1-9-4-3-5-11(10(9)2)17-15(18)13-8-14-12(16-13)6-7-19-14/h3-8,16H,1-2H3,(H,17,18). The van der Waals surface area contributed by atoms with Gasteiger partial charge >= 0.3 is 0 Å². The predicted molar refractivity (Wildman–Crippen MR) is 80.0 cm³/mol. The van der Waals surface area contributed by atoms with E-state index in [1.807, 2.05) is 49.6 Å². The minimum atomic E-state index is -0.0999. The fourth-order valence-corrected chi connectivity index (χ4v) is 2.83. The van der Waals surface area contributed by atoms with Crippen molar-refractivity contribution in [2.45, 2.75) is 13.8 Å². The monoisotopic (exact) mass is 270 g/mol.